The number of carbonyl (C=O) groups is 2. The number of nitrogens with zero attached hydrogens (tertiary/aromatic N) is 3. The Bertz CT molecular complexity index is 404. The Hall–Kier alpha value is -1.10. The zero-order valence-electron chi connectivity index (χ0n) is 13.1. The highest BCUT2D eigenvalue weighted by molar-refractivity contribution is 5.90. The Morgan fingerprint density at radius 2 is 1.76 bits per heavy atom. The summed E-state index contributed by atoms with van der Waals surface area (Å²) in [5.41, 5.74) is 0. The maximum atomic E-state index is 12.8. The normalized spacial score (nSPS) is 29.5. The van der Waals surface area contributed by atoms with E-state index >= 15 is 0 Å². The smallest absolute Gasteiger partial charge is 0.245 e. The Morgan fingerprint density at radius 1 is 1.00 bits per heavy atom. The van der Waals surface area contributed by atoms with Crippen LogP contribution in [0.2, 0.25) is 0 Å². The highest BCUT2D eigenvalue weighted by Crippen LogP contribution is 2.25. The summed E-state index contributed by atoms with van der Waals surface area (Å²) in [7, 11) is 2.16. The molecule has 0 bridgehead atoms. The summed E-state index contributed by atoms with van der Waals surface area (Å²) in [6.07, 6.45) is 5.82. The zero-order valence-corrected chi connectivity index (χ0v) is 13.1. The van der Waals surface area contributed by atoms with Crippen LogP contribution in [0.3, 0.4) is 0 Å². The second-order valence-electron chi connectivity index (χ2n) is 6.88. The van der Waals surface area contributed by atoms with Crippen LogP contribution in [-0.2, 0) is 9.59 Å². The molecule has 21 heavy (non-hydrogen) atoms. The van der Waals surface area contributed by atoms with Crippen LogP contribution >= 0.6 is 0 Å². The van der Waals surface area contributed by atoms with E-state index in [9.17, 15) is 9.59 Å². The highest BCUT2D eigenvalue weighted by Gasteiger charge is 2.38. The highest BCUT2D eigenvalue weighted by atomic mass is 16.2. The van der Waals surface area contributed by atoms with E-state index in [1.165, 1.54) is 12.8 Å². The molecule has 5 nitrogen and oxygen atoms in total. The quantitative estimate of drug-likeness (QED) is 0.761. The predicted molar refractivity (Wildman–Crippen MR) is 80.8 cm³/mol. The van der Waals surface area contributed by atoms with Crippen LogP contribution in [0.4, 0.5) is 0 Å². The van der Waals surface area contributed by atoms with E-state index in [0.717, 1.165) is 45.4 Å². The number of hydrogen-bond acceptors (Lipinski definition) is 3. The molecule has 0 N–H and O–H groups in total. The predicted octanol–water partition coefficient (Wildman–Crippen LogP) is 0.942. The molecule has 0 aromatic carbocycles. The van der Waals surface area contributed by atoms with Crippen LogP contribution in [0.1, 0.15) is 38.5 Å². The number of likely N-dealkylation sites (tertiary alicyclic amines) is 1. The van der Waals surface area contributed by atoms with Crippen LogP contribution < -0.4 is 0 Å². The third kappa shape index (κ3) is 3.23. The van der Waals surface area contributed by atoms with E-state index in [-0.39, 0.29) is 17.9 Å². The lowest BCUT2D eigenvalue weighted by Gasteiger charge is -2.36. The van der Waals surface area contributed by atoms with Gasteiger partial charge in [-0.1, -0.05) is 0 Å². The molecule has 2 amide bonds. The van der Waals surface area contributed by atoms with E-state index in [1.807, 2.05) is 9.80 Å². The second kappa shape index (κ2) is 6.34. The van der Waals surface area contributed by atoms with Crippen molar-refractivity contribution in [2.24, 2.45) is 5.92 Å². The van der Waals surface area contributed by atoms with Gasteiger partial charge in [-0.05, 0) is 58.2 Å². The third-order valence-electron chi connectivity index (χ3n) is 5.33. The molecule has 0 radical (unpaired) electrons. The third-order valence-corrected chi connectivity index (χ3v) is 5.33. The van der Waals surface area contributed by atoms with E-state index in [2.05, 4.69) is 11.9 Å². The molecular formula is C16H27N3O2. The van der Waals surface area contributed by atoms with Crippen LogP contribution in [0.5, 0.6) is 0 Å². The van der Waals surface area contributed by atoms with Gasteiger partial charge in [-0.2, -0.15) is 0 Å². The summed E-state index contributed by atoms with van der Waals surface area (Å²) in [6, 6.07) is -0.167. The molecule has 3 fully saturated rings. The van der Waals surface area contributed by atoms with Gasteiger partial charge in [0.2, 0.25) is 11.8 Å². The molecule has 1 unspecified atom stereocenters. The van der Waals surface area contributed by atoms with Crippen molar-refractivity contribution in [3.05, 3.63) is 0 Å². The van der Waals surface area contributed by atoms with Crippen LogP contribution in [0.25, 0.3) is 0 Å². The van der Waals surface area contributed by atoms with E-state index in [0.29, 0.717) is 18.9 Å². The summed E-state index contributed by atoms with van der Waals surface area (Å²) < 4.78 is 0. The van der Waals surface area contributed by atoms with Crippen molar-refractivity contribution in [1.29, 1.82) is 0 Å². The average Bonchev–Trinajstić information content (AvgIpc) is 2.62. The molecule has 0 saturated carbocycles. The van der Waals surface area contributed by atoms with Gasteiger partial charge in [-0.15, -0.1) is 0 Å². The standard InChI is InChI=1S/C16H27N3O2/c1-17-9-5-13(6-10-17)12-18-11-7-15(20)19-8-3-2-4-14(19)16(18)21/h13-14H,2-12H2,1H3. The van der Waals surface area contributed by atoms with Crippen molar-refractivity contribution >= 4 is 11.8 Å². The Labute approximate surface area is 127 Å². The van der Waals surface area contributed by atoms with Gasteiger partial charge in [0, 0.05) is 26.1 Å². The van der Waals surface area contributed by atoms with Crippen LogP contribution in [-0.4, -0.2) is 72.3 Å². The van der Waals surface area contributed by atoms with Crippen molar-refractivity contribution in [2.45, 2.75) is 44.6 Å². The van der Waals surface area contributed by atoms with E-state index in [4.69, 9.17) is 0 Å². The van der Waals surface area contributed by atoms with E-state index in [1.54, 1.807) is 0 Å². The molecule has 3 aliphatic heterocycles. The summed E-state index contributed by atoms with van der Waals surface area (Å²) in [6.45, 7) is 4.50. The minimum Gasteiger partial charge on any atom is -0.340 e. The molecule has 0 aromatic heterocycles. The molecule has 0 aromatic rings. The molecule has 3 aliphatic rings. The largest absolute Gasteiger partial charge is 0.340 e. The Kier molecular flexibility index (Phi) is 4.48. The van der Waals surface area contributed by atoms with Gasteiger partial charge in [-0.3, -0.25) is 9.59 Å². The minimum absolute atomic E-state index is 0.167. The lowest BCUT2D eigenvalue weighted by Crippen LogP contribution is -2.50. The average molecular weight is 293 g/mol. The monoisotopic (exact) mass is 293 g/mol. The molecule has 1 atom stereocenters. The molecule has 3 rings (SSSR count). The first kappa shape index (κ1) is 14.8. The van der Waals surface area contributed by atoms with Gasteiger partial charge in [0.05, 0.1) is 0 Å². The van der Waals surface area contributed by atoms with Crippen molar-refractivity contribution in [2.75, 3.05) is 39.8 Å². The SMILES string of the molecule is CN1CCC(CN2CCC(=O)N3CCCCC3C2=O)CC1. The number of hydrogen-bond donors (Lipinski definition) is 0. The molecule has 3 saturated heterocycles. The second-order valence-corrected chi connectivity index (χ2v) is 6.88. The fourth-order valence-corrected chi connectivity index (χ4v) is 3.92. The Balaban J connectivity index is 1.65. The number of carbonyl (C=O) groups excluding carboxylic acids is 2. The molecule has 0 aliphatic carbocycles. The lowest BCUT2D eigenvalue weighted by molar-refractivity contribution is -0.143. The van der Waals surface area contributed by atoms with Crippen LogP contribution in [0, 0.1) is 5.92 Å². The molecule has 118 valence electrons. The zero-order chi connectivity index (χ0) is 14.8. The first-order chi connectivity index (χ1) is 10.1. The number of piperidine rings is 2. The molecular weight excluding hydrogens is 266 g/mol. The summed E-state index contributed by atoms with van der Waals surface area (Å²) in [5, 5.41) is 0. The first-order valence-corrected chi connectivity index (χ1v) is 8.42. The van der Waals surface area contributed by atoms with Gasteiger partial charge in [0.25, 0.3) is 0 Å². The van der Waals surface area contributed by atoms with Crippen molar-refractivity contribution in [3.63, 3.8) is 0 Å². The molecule has 5 heteroatoms. The fourth-order valence-electron chi connectivity index (χ4n) is 3.92. The van der Waals surface area contributed by atoms with Gasteiger partial charge in [0.15, 0.2) is 0 Å². The van der Waals surface area contributed by atoms with Gasteiger partial charge < -0.3 is 14.7 Å². The topological polar surface area (TPSA) is 43.9 Å². The fraction of sp³-hybridized carbons (Fsp3) is 0.875. The number of amides is 2. The van der Waals surface area contributed by atoms with E-state index < -0.39 is 0 Å². The molecule has 3 heterocycles. The maximum Gasteiger partial charge on any atom is 0.245 e. The number of fused-ring (bicyclic) bond motifs is 1. The van der Waals surface area contributed by atoms with Gasteiger partial charge >= 0.3 is 0 Å². The minimum atomic E-state index is -0.167. The summed E-state index contributed by atoms with van der Waals surface area (Å²) in [5.74, 6) is 0.994. The molecule has 0 spiro atoms. The lowest BCUT2D eigenvalue weighted by atomic mass is 9.95. The van der Waals surface area contributed by atoms with Crippen LogP contribution in [0.15, 0.2) is 0 Å². The number of rotatable bonds is 2. The summed E-state index contributed by atoms with van der Waals surface area (Å²) in [4.78, 5) is 31.2. The van der Waals surface area contributed by atoms with Crippen molar-refractivity contribution in [1.82, 2.24) is 14.7 Å². The first-order valence-electron chi connectivity index (χ1n) is 8.42. The van der Waals surface area contributed by atoms with Crippen molar-refractivity contribution < 1.29 is 9.59 Å². The van der Waals surface area contributed by atoms with Gasteiger partial charge in [-0.25, -0.2) is 0 Å². The maximum absolute atomic E-state index is 12.8. The summed E-state index contributed by atoms with van der Waals surface area (Å²) >= 11 is 0. The van der Waals surface area contributed by atoms with Gasteiger partial charge in [0.1, 0.15) is 6.04 Å². The van der Waals surface area contributed by atoms with Crippen molar-refractivity contribution in [3.8, 4) is 0 Å². The Morgan fingerprint density at radius 3 is 2.52 bits per heavy atom.